The summed E-state index contributed by atoms with van der Waals surface area (Å²) in [6.45, 7) is 4.33. The maximum Gasteiger partial charge on any atom is 0.254 e. The Kier molecular flexibility index (Phi) is 5.11. The van der Waals surface area contributed by atoms with E-state index in [0.29, 0.717) is 25.1 Å². The Labute approximate surface area is 152 Å². The van der Waals surface area contributed by atoms with Gasteiger partial charge in [0.15, 0.2) is 0 Å². The summed E-state index contributed by atoms with van der Waals surface area (Å²) in [7, 11) is -3.59. The highest BCUT2D eigenvalue weighted by Gasteiger charge is 2.24. The summed E-state index contributed by atoms with van der Waals surface area (Å²) in [5.41, 5.74) is 2.11. The molecule has 1 N–H and O–H groups in total. The molecular weight excluding hydrogens is 355 g/mol. The lowest BCUT2D eigenvalue weighted by molar-refractivity contribution is 0.0734. The van der Waals surface area contributed by atoms with Gasteiger partial charge in [0.2, 0.25) is 10.0 Å². The predicted octanol–water partition coefficient (Wildman–Crippen LogP) is 2.71. The van der Waals surface area contributed by atoms with Crippen molar-refractivity contribution < 1.29 is 17.6 Å². The van der Waals surface area contributed by atoms with Crippen LogP contribution < -0.4 is 4.72 Å². The molecule has 1 aliphatic rings. The van der Waals surface area contributed by atoms with Crippen molar-refractivity contribution in [3.63, 3.8) is 0 Å². The zero-order valence-corrected chi connectivity index (χ0v) is 15.5. The van der Waals surface area contributed by atoms with Crippen LogP contribution in [0.4, 0.5) is 4.39 Å². The standard InChI is InChI=1S/C19H21FN2O3S/c1-13(2)21-26(24,25)18-7-6-14-8-9-22(12-16(14)11-18)19(23)15-4-3-5-17(20)10-15/h3-7,10-11,13,21H,8-9,12H2,1-2H3. The third-order valence-electron chi connectivity index (χ3n) is 4.25. The van der Waals surface area contributed by atoms with Gasteiger partial charge in [-0.2, -0.15) is 0 Å². The van der Waals surface area contributed by atoms with Crippen LogP contribution in [0.25, 0.3) is 0 Å². The van der Waals surface area contributed by atoms with Gasteiger partial charge in [-0.1, -0.05) is 12.1 Å². The summed E-state index contributed by atoms with van der Waals surface area (Å²) < 4.78 is 40.7. The highest BCUT2D eigenvalue weighted by molar-refractivity contribution is 7.89. The van der Waals surface area contributed by atoms with Gasteiger partial charge in [-0.05, 0) is 61.7 Å². The first kappa shape index (κ1) is 18.5. The summed E-state index contributed by atoms with van der Waals surface area (Å²) in [6, 6.07) is 10.4. The Balaban J connectivity index is 1.85. The van der Waals surface area contributed by atoms with Crippen LogP contribution in [0, 0.1) is 5.82 Å². The van der Waals surface area contributed by atoms with Crippen molar-refractivity contribution in [1.29, 1.82) is 0 Å². The number of nitrogens with one attached hydrogen (secondary N) is 1. The fourth-order valence-corrected chi connectivity index (χ4v) is 4.36. The van der Waals surface area contributed by atoms with Gasteiger partial charge in [0.1, 0.15) is 5.82 Å². The normalized spacial score (nSPS) is 14.4. The lowest BCUT2D eigenvalue weighted by Crippen LogP contribution is -2.36. The van der Waals surface area contributed by atoms with Crippen LogP contribution in [0.5, 0.6) is 0 Å². The first-order chi connectivity index (χ1) is 12.3. The van der Waals surface area contributed by atoms with Gasteiger partial charge in [-0.15, -0.1) is 0 Å². The first-order valence-corrected chi connectivity index (χ1v) is 9.93. The largest absolute Gasteiger partial charge is 0.334 e. The molecule has 2 aromatic carbocycles. The Morgan fingerprint density at radius 3 is 2.62 bits per heavy atom. The number of fused-ring (bicyclic) bond motifs is 1. The summed E-state index contributed by atoms with van der Waals surface area (Å²) in [5, 5.41) is 0. The van der Waals surface area contributed by atoms with E-state index in [2.05, 4.69) is 4.72 Å². The minimum atomic E-state index is -3.59. The quantitative estimate of drug-likeness (QED) is 0.892. The molecule has 0 fully saturated rings. The van der Waals surface area contributed by atoms with Gasteiger partial charge >= 0.3 is 0 Å². The highest BCUT2D eigenvalue weighted by atomic mass is 32.2. The average Bonchev–Trinajstić information content (AvgIpc) is 2.59. The molecule has 1 amide bonds. The number of carbonyl (C=O) groups is 1. The van der Waals surface area contributed by atoms with Crippen LogP contribution in [-0.4, -0.2) is 31.8 Å². The Bertz CT molecular complexity index is 942. The van der Waals surface area contributed by atoms with Gasteiger partial charge < -0.3 is 4.90 Å². The number of benzene rings is 2. The third-order valence-corrected chi connectivity index (χ3v) is 5.91. The Hall–Kier alpha value is -2.25. The lowest BCUT2D eigenvalue weighted by atomic mass is 9.99. The molecule has 0 spiro atoms. The van der Waals surface area contributed by atoms with Gasteiger partial charge in [0, 0.05) is 24.7 Å². The molecule has 5 nitrogen and oxygen atoms in total. The number of hydrogen-bond acceptors (Lipinski definition) is 3. The van der Waals surface area contributed by atoms with Gasteiger partial charge in [-0.25, -0.2) is 17.5 Å². The van der Waals surface area contributed by atoms with Crippen molar-refractivity contribution >= 4 is 15.9 Å². The highest BCUT2D eigenvalue weighted by Crippen LogP contribution is 2.24. The molecule has 0 aromatic heterocycles. The maximum absolute atomic E-state index is 13.4. The van der Waals surface area contributed by atoms with E-state index in [-0.39, 0.29) is 16.8 Å². The molecule has 3 rings (SSSR count). The van der Waals surface area contributed by atoms with E-state index in [0.717, 1.165) is 11.1 Å². The molecule has 1 aliphatic heterocycles. The van der Waals surface area contributed by atoms with Crippen LogP contribution >= 0.6 is 0 Å². The minimum Gasteiger partial charge on any atom is -0.334 e. The summed E-state index contributed by atoms with van der Waals surface area (Å²) in [4.78, 5) is 14.4. The molecular formula is C19H21FN2O3S. The average molecular weight is 376 g/mol. The molecule has 0 unspecified atom stereocenters. The molecule has 0 saturated carbocycles. The van der Waals surface area contributed by atoms with E-state index in [1.165, 1.54) is 18.2 Å². The van der Waals surface area contributed by atoms with Crippen LogP contribution in [0.2, 0.25) is 0 Å². The van der Waals surface area contributed by atoms with Crippen LogP contribution in [0.3, 0.4) is 0 Å². The second-order valence-corrected chi connectivity index (χ2v) is 8.41. The van der Waals surface area contributed by atoms with E-state index in [9.17, 15) is 17.6 Å². The van der Waals surface area contributed by atoms with Crippen molar-refractivity contribution in [2.45, 2.75) is 37.8 Å². The number of amides is 1. The van der Waals surface area contributed by atoms with E-state index in [4.69, 9.17) is 0 Å². The number of sulfonamides is 1. The van der Waals surface area contributed by atoms with Gasteiger partial charge in [0.25, 0.3) is 5.91 Å². The number of rotatable bonds is 4. The topological polar surface area (TPSA) is 66.5 Å². The number of nitrogens with zero attached hydrogens (tertiary/aromatic N) is 1. The van der Waals surface area contributed by atoms with E-state index in [1.807, 2.05) is 0 Å². The molecule has 2 aromatic rings. The summed E-state index contributed by atoms with van der Waals surface area (Å²) >= 11 is 0. The van der Waals surface area contributed by atoms with Crippen molar-refractivity contribution in [3.8, 4) is 0 Å². The third kappa shape index (κ3) is 3.94. The van der Waals surface area contributed by atoms with Crippen molar-refractivity contribution in [2.75, 3.05) is 6.54 Å². The minimum absolute atomic E-state index is 0.185. The van der Waals surface area contributed by atoms with Gasteiger partial charge in [0.05, 0.1) is 4.90 Å². The zero-order chi connectivity index (χ0) is 18.9. The fourth-order valence-electron chi connectivity index (χ4n) is 3.06. The summed E-state index contributed by atoms with van der Waals surface area (Å²) in [6.07, 6.45) is 0.633. The fraction of sp³-hybridized carbons (Fsp3) is 0.316. The lowest BCUT2D eigenvalue weighted by Gasteiger charge is -2.29. The molecule has 138 valence electrons. The van der Waals surface area contributed by atoms with E-state index < -0.39 is 15.8 Å². The van der Waals surface area contributed by atoms with Crippen LogP contribution in [-0.2, 0) is 23.0 Å². The summed E-state index contributed by atoms with van der Waals surface area (Å²) in [5.74, 6) is -0.717. The molecule has 7 heteroatoms. The second-order valence-electron chi connectivity index (χ2n) is 6.69. The monoisotopic (exact) mass is 376 g/mol. The number of carbonyl (C=O) groups excluding carboxylic acids is 1. The van der Waals surface area contributed by atoms with Crippen LogP contribution in [0.15, 0.2) is 47.4 Å². The molecule has 1 heterocycles. The van der Waals surface area contributed by atoms with Crippen LogP contribution in [0.1, 0.15) is 35.3 Å². The maximum atomic E-state index is 13.4. The SMILES string of the molecule is CC(C)NS(=O)(=O)c1ccc2c(c1)CN(C(=O)c1cccc(F)c1)CC2. The molecule has 0 aliphatic carbocycles. The molecule has 0 saturated heterocycles. The number of halogens is 1. The van der Waals surface area contributed by atoms with Crippen molar-refractivity contribution in [2.24, 2.45) is 0 Å². The van der Waals surface area contributed by atoms with Gasteiger partial charge in [-0.3, -0.25) is 4.79 Å². The first-order valence-electron chi connectivity index (χ1n) is 8.45. The number of hydrogen-bond donors (Lipinski definition) is 1. The second kappa shape index (κ2) is 7.17. The van der Waals surface area contributed by atoms with E-state index in [1.54, 1.807) is 43.0 Å². The van der Waals surface area contributed by atoms with Crippen molar-refractivity contribution in [3.05, 3.63) is 65.0 Å². The molecule has 0 bridgehead atoms. The smallest absolute Gasteiger partial charge is 0.254 e. The van der Waals surface area contributed by atoms with Crippen molar-refractivity contribution in [1.82, 2.24) is 9.62 Å². The predicted molar refractivity (Wildman–Crippen MR) is 96.7 cm³/mol. The van der Waals surface area contributed by atoms with E-state index >= 15 is 0 Å². The molecule has 26 heavy (non-hydrogen) atoms. The Morgan fingerprint density at radius 2 is 1.92 bits per heavy atom. The molecule has 0 atom stereocenters. The Morgan fingerprint density at radius 1 is 1.15 bits per heavy atom. The molecule has 0 radical (unpaired) electrons. The zero-order valence-electron chi connectivity index (χ0n) is 14.7.